The summed E-state index contributed by atoms with van der Waals surface area (Å²) in [6.45, 7) is 6.03. The highest BCUT2D eigenvalue weighted by atomic mass is 15.3. The molecule has 0 amide bonds. The molecule has 0 unspecified atom stereocenters. The molecule has 5 rings (SSSR count). The van der Waals surface area contributed by atoms with Crippen LogP contribution >= 0.6 is 0 Å². The molecule has 2 aromatic heterocycles. The number of aromatic nitrogens is 2. The molecule has 1 saturated heterocycles. The maximum atomic E-state index is 6.44. The molecule has 3 heterocycles. The number of fused-ring (bicyclic) bond motifs is 3. The van der Waals surface area contributed by atoms with E-state index in [0.29, 0.717) is 18.2 Å². The van der Waals surface area contributed by atoms with Crippen LogP contribution in [0, 0.1) is 0 Å². The normalized spacial score (nSPS) is 15.3. The third kappa shape index (κ3) is 6.66. The van der Waals surface area contributed by atoms with Crippen LogP contribution in [0.4, 0.5) is 5.69 Å². The number of aromatic amines is 1. The molecule has 0 saturated carbocycles. The number of nitrogens with two attached hydrogens (primary N) is 1. The number of hydrogen-bond donors (Lipinski definition) is 3. The molecule has 7 nitrogen and oxygen atoms in total. The molecule has 4 N–H and O–H groups in total. The predicted octanol–water partition coefficient (Wildman–Crippen LogP) is 6.77. The first kappa shape index (κ1) is 26.5. The second-order valence-corrected chi connectivity index (χ2v) is 10.2. The highest BCUT2D eigenvalue weighted by molar-refractivity contribution is 6.08. The largest absolute Gasteiger partial charge is 0.387 e. The molecule has 202 valence electrons. The quantitative estimate of drug-likeness (QED) is 0.176. The van der Waals surface area contributed by atoms with Crippen molar-refractivity contribution in [1.29, 1.82) is 0 Å². The van der Waals surface area contributed by atoms with Gasteiger partial charge in [-0.05, 0) is 87.4 Å². The van der Waals surface area contributed by atoms with Crippen molar-refractivity contribution >= 4 is 39.3 Å². The van der Waals surface area contributed by atoms with Gasteiger partial charge in [0.2, 0.25) is 5.96 Å². The molecular formula is C32H39N7. The van der Waals surface area contributed by atoms with E-state index in [1.54, 1.807) is 0 Å². The van der Waals surface area contributed by atoms with E-state index < -0.39 is 0 Å². The van der Waals surface area contributed by atoms with Gasteiger partial charge in [-0.3, -0.25) is 4.98 Å². The number of nitrogens with one attached hydrogen (secondary N) is 2. The fraction of sp³-hybridized carbons (Fsp3) is 0.344. The molecule has 4 aromatic rings. The Morgan fingerprint density at radius 2 is 1.85 bits per heavy atom. The van der Waals surface area contributed by atoms with Crippen LogP contribution in [-0.4, -0.2) is 39.8 Å². The number of anilines is 1. The van der Waals surface area contributed by atoms with Crippen molar-refractivity contribution in [3.8, 4) is 0 Å². The average Bonchev–Trinajstić information content (AvgIpc) is 3.35. The lowest BCUT2D eigenvalue weighted by Gasteiger charge is -2.28. The molecule has 0 atom stereocenters. The maximum absolute atomic E-state index is 6.44. The zero-order chi connectivity index (χ0) is 27.0. The maximum Gasteiger partial charge on any atom is 0.228 e. The number of para-hydroxylation sites is 1. The summed E-state index contributed by atoms with van der Waals surface area (Å²) in [5.41, 5.74) is 12.0. The first-order chi connectivity index (χ1) is 19.1. The van der Waals surface area contributed by atoms with Gasteiger partial charge in [0, 0.05) is 58.9 Å². The van der Waals surface area contributed by atoms with Gasteiger partial charge in [-0.15, -0.1) is 0 Å². The van der Waals surface area contributed by atoms with Crippen molar-refractivity contribution in [2.75, 3.05) is 18.4 Å². The fourth-order valence-corrected chi connectivity index (χ4v) is 5.05. The lowest BCUT2D eigenvalue weighted by Crippen LogP contribution is -2.36. The number of nitrogens with zero attached hydrogens (tertiary/aromatic N) is 4. The monoisotopic (exact) mass is 521 g/mol. The van der Waals surface area contributed by atoms with Gasteiger partial charge in [-0.1, -0.05) is 31.2 Å². The summed E-state index contributed by atoms with van der Waals surface area (Å²) in [7, 11) is 0. The molecule has 0 aliphatic carbocycles. The summed E-state index contributed by atoms with van der Waals surface area (Å²) < 4.78 is 0. The second kappa shape index (κ2) is 12.6. The van der Waals surface area contributed by atoms with Crippen molar-refractivity contribution < 1.29 is 0 Å². The van der Waals surface area contributed by atoms with Gasteiger partial charge in [0.15, 0.2) is 0 Å². The Kier molecular flexibility index (Phi) is 8.56. The predicted molar refractivity (Wildman–Crippen MR) is 164 cm³/mol. The minimum atomic E-state index is 0.611. The van der Waals surface area contributed by atoms with E-state index in [2.05, 4.69) is 81.7 Å². The van der Waals surface area contributed by atoms with E-state index in [0.717, 1.165) is 73.4 Å². The Labute approximate surface area is 230 Å². The molecule has 0 spiro atoms. The molecule has 1 fully saturated rings. The van der Waals surface area contributed by atoms with E-state index in [4.69, 9.17) is 15.7 Å². The smallest absolute Gasteiger partial charge is 0.228 e. The van der Waals surface area contributed by atoms with Crippen molar-refractivity contribution in [3.63, 3.8) is 0 Å². The van der Waals surface area contributed by atoms with Crippen LogP contribution in [0.15, 0.2) is 82.7 Å². The first-order valence-corrected chi connectivity index (χ1v) is 14.2. The van der Waals surface area contributed by atoms with E-state index in [9.17, 15) is 0 Å². The van der Waals surface area contributed by atoms with Gasteiger partial charge in [-0.25, -0.2) is 4.99 Å². The third-order valence-electron chi connectivity index (χ3n) is 7.32. The van der Waals surface area contributed by atoms with Crippen LogP contribution < -0.4 is 11.1 Å². The second-order valence-electron chi connectivity index (χ2n) is 10.2. The Morgan fingerprint density at radius 1 is 1.03 bits per heavy atom. The van der Waals surface area contributed by atoms with Crippen molar-refractivity contribution in [3.05, 3.63) is 83.9 Å². The zero-order valence-electron chi connectivity index (χ0n) is 23.1. The number of aryl methyl sites for hydroxylation is 2. The lowest BCUT2D eigenvalue weighted by atomic mass is 10.1. The van der Waals surface area contributed by atoms with Crippen LogP contribution in [0.5, 0.6) is 0 Å². The number of H-pyrrole nitrogens is 1. The number of guanidine groups is 1. The molecule has 2 aromatic carbocycles. The van der Waals surface area contributed by atoms with Gasteiger partial charge < -0.3 is 20.9 Å². The van der Waals surface area contributed by atoms with Gasteiger partial charge in [0.25, 0.3) is 0 Å². The Hall–Kier alpha value is -4.13. The Bertz CT molecular complexity index is 1490. The first-order valence-electron chi connectivity index (χ1n) is 14.2. The number of piperidine rings is 1. The number of aliphatic imine (C=N–C) groups is 2. The summed E-state index contributed by atoms with van der Waals surface area (Å²) in [5, 5.41) is 5.91. The van der Waals surface area contributed by atoms with Crippen LogP contribution in [-0.2, 0) is 12.8 Å². The SMILES string of the molecule is C\C=C(/N=C(\N=C(/N)CCCc1ccc(CC)cn1)N1CCCCC1)Nc1ccc2[nH]c3ccccc3c2c1. The number of pyridine rings is 1. The van der Waals surface area contributed by atoms with Crippen molar-refractivity contribution in [2.24, 2.45) is 15.7 Å². The van der Waals surface area contributed by atoms with Crippen LogP contribution in [0.2, 0.25) is 0 Å². The van der Waals surface area contributed by atoms with E-state index in [-0.39, 0.29) is 0 Å². The van der Waals surface area contributed by atoms with E-state index in [1.165, 1.54) is 22.8 Å². The lowest BCUT2D eigenvalue weighted by molar-refractivity contribution is 0.339. The van der Waals surface area contributed by atoms with Crippen LogP contribution in [0.1, 0.15) is 57.2 Å². The van der Waals surface area contributed by atoms with Crippen molar-refractivity contribution in [1.82, 2.24) is 14.9 Å². The van der Waals surface area contributed by atoms with Gasteiger partial charge in [-0.2, -0.15) is 4.99 Å². The molecule has 1 aliphatic rings. The number of hydrogen-bond acceptors (Lipinski definition) is 3. The summed E-state index contributed by atoms with van der Waals surface area (Å²) in [6, 6.07) is 19.0. The highest BCUT2D eigenvalue weighted by Gasteiger charge is 2.16. The molecule has 0 radical (unpaired) electrons. The molecule has 0 bridgehead atoms. The van der Waals surface area contributed by atoms with E-state index in [1.807, 2.05) is 19.2 Å². The van der Waals surface area contributed by atoms with Gasteiger partial charge in [0.1, 0.15) is 11.7 Å². The number of likely N-dealkylation sites (tertiary alicyclic amines) is 1. The minimum Gasteiger partial charge on any atom is -0.387 e. The van der Waals surface area contributed by atoms with Gasteiger partial charge in [0.05, 0.1) is 0 Å². The highest BCUT2D eigenvalue weighted by Crippen LogP contribution is 2.28. The number of rotatable bonds is 8. The number of amidine groups is 1. The van der Waals surface area contributed by atoms with Crippen LogP contribution in [0.3, 0.4) is 0 Å². The average molecular weight is 522 g/mol. The Morgan fingerprint density at radius 3 is 2.62 bits per heavy atom. The summed E-state index contributed by atoms with van der Waals surface area (Å²) in [6.07, 6.45) is 11.0. The number of benzene rings is 2. The fourth-order valence-electron chi connectivity index (χ4n) is 5.05. The summed E-state index contributed by atoms with van der Waals surface area (Å²) in [5.74, 6) is 2.05. The molecule has 1 aliphatic heterocycles. The molecular weight excluding hydrogens is 482 g/mol. The molecule has 7 heteroatoms. The zero-order valence-corrected chi connectivity index (χ0v) is 23.1. The van der Waals surface area contributed by atoms with E-state index >= 15 is 0 Å². The summed E-state index contributed by atoms with van der Waals surface area (Å²) >= 11 is 0. The van der Waals surface area contributed by atoms with Crippen LogP contribution in [0.25, 0.3) is 21.8 Å². The van der Waals surface area contributed by atoms with Gasteiger partial charge >= 0.3 is 0 Å². The number of allylic oxidation sites excluding steroid dienone is 1. The standard InChI is InChI=1S/C32H39N7/c1-3-23-15-16-24(34-22-23)11-10-14-30(33)37-32(39-19-8-5-9-20-39)38-31(4-2)35-25-17-18-29-27(21-25)26-12-6-7-13-28(26)36-29/h4,6-7,12-13,15-18,21-22,35-36H,3,5,8-11,14,19-20H2,1-2H3,(H2,33,37,38)/b31-4-. The molecule has 39 heavy (non-hydrogen) atoms. The van der Waals surface area contributed by atoms with Crippen molar-refractivity contribution in [2.45, 2.75) is 58.8 Å². The minimum absolute atomic E-state index is 0.611. The summed E-state index contributed by atoms with van der Waals surface area (Å²) in [4.78, 5) is 20.1. The topological polar surface area (TPSA) is 94.7 Å². The Balaban J connectivity index is 1.32. The third-order valence-corrected chi connectivity index (χ3v) is 7.32.